The first-order valence-electron chi connectivity index (χ1n) is 4.93. The molecule has 0 radical (unpaired) electrons. The highest BCUT2D eigenvalue weighted by atomic mass is 79.9. The molecule has 2 aliphatic rings. The van der Waals surface area contributed by atoms with Gasteiger partial charge in [-0.3, -0.25) is 0 Å². The fraction of sp³-hybridized carbons (Fsp3) is 1.00. The van der Waals surface area contributed by atoms with E-state index in [2.05, 4.69) is 20.7 Å². The molecule has 0 unspecified atom stereocenters. The van der Waals surface area contributed by atoms with E-state index in [1.807, 2.05) is 0 Å². The summed E-state index contributed by atoms with van der Waals surface area (Å²) >= 11 is 3.35. The Hall–Kier alpha value is 0.350. The van der Waals surface area contributed by atoms with Gasteiger partial charge in [-0.2, -0.15) is 17.4 Å². The Morgan fingerprint density at radius 2 is 1.86 bits per heavy atom. The summed E-state index contributed by atoms with van der Waals surface area (Å²) in [5.74, 6) is 0. The third-order valence-electron chi connectivity index (χ3n) is 2.86. The summed E-state index contributed by atoms with van der Waals surface area (Å²) in [4.78, 5) is 0. The summed E-state index contributed by atoms with van der Waals surface area (Å²) < 4.78 is 28.0. The Morgan fingerprint density at radius 1 is 1.29 bits per heavy atom. The lowest BCUT2D eigenvalue weighted by Gasteiger charge is -2.20. The summed E-state index contributed by atoms with van der Waals surface area (Å²) in [6, 6.07) is 0. The smallest absolute Gasteiger partial charge is 0.195 e. The number of nitrogens with zero attached hydrogens (tertiary/aromatic N) is 1. The highest BCUT2D eigenvalue weighted by Gasteiger charge is 2.46. The molecule has 0 amide bonds. The molecule has 1 N–H and O–H groups in total. The van der Waals surface area contributed by atoms with Gasteiger partial charge in [0.25, 0.3) is 10.2 Å². The number of alkyl halides is 1. The lowest BCUT2D eigenvalue weighted by Crippen LogP contribution is -2.46. The molecule has 0 aromatic rings. The Kier molecular flexibility index (Phi) is 2.90. The van der Waals surface area contributed by atoms with Gasteiger partial charge in [0.05, 0.1) is 0 Å². The van der Waals surface area contributed by atoms with Crippen LogP contribution in [-0.2, 0) is 10.2 Å². The number of hydrogen-bond acceptors (Lipinski definition) is 2. The minimum absolute atomic E-state index is 0.179. The van der Waals surface area contributed by atoms with E-state index < -0.39 is 10.2 Å². The van der Waals surface area contributed by atoms with Crippen LogP contribution in [0.1, 0.15) is 25.7 Å². The van der Waals surface area contributed by atoms with Crippen molar-refractivity contribution in [2.75, 3.05) is 18.4 Å². The van der Waals surface area contributed by atoms with Crippen LogP contribution in [0.4, 0.5) is 0 Å². The molecule has 0 bridgehead atoms. The number of halogens is 1. The van der Waals surface area contributed by atoms with Gasteiger partial charge in [0.1, 0.15) is 0 Å². The molecule has 1 saturated heterocycles. The van der Waals surface area contributed by atoms with Gasteiger partial charge < -0.3 is 0 Å². The Labute approximate surface area is 93.4 Å². The van der Waals surface area contributed by atoms with Crippen molar-refractivity contribution in [3.05, 3.63) is 0 Å². The maximum absolute atomic E-state index is 11.8. The van der Waals surface area contributed by atoms with E-state index in [-0.39, 0.29) is 5.54 Å². The van der Waals surface area contributed by atoms with Gasteiger partial charge in [-0.05, 0) is 25.7 Å². The quantitative estimate of drug-likeness (QED) is 0.777. The predicted octanol–water partition coefficient (Wildman–Crippen LogP) is 0.844. The van der Waals surface area contributed by atoms with Crippen LogP contribution in [0, 0.1) is 0 Å². The molecule has 1 aliphatic carbocycles. The van der Waals surface area contributed by atoms with Gasteiger partial charge in [-0.25, -0.2) is 0 Å². The fourth-order valence-electron chi connectivity index (χ4n) is 1.68. The Balaban J connectivity index is 2.01. The highest BCUT2D eigenvalue weighted by molar-refractivity contribution is 9.09. The van der Waals surface area contributed by atoms with Gasteiger partial charge in [-0.15, -0.1) is 0 Å². The lowest BCUT2D eigenvalue weighted by molar-refractivity contribution is 0.454. The second kappa shape index (κ2) is 3.73. The van der Waals surface area contributed by atoms with E-state index in [0.717, 1.165) is 25.7 Å². The van der Waals surface area contributed by atoms with Crippen molar-refractivity contribution in [3.63, 3.8) is 0 Å². The molecule has 14 heavy (non-hydrogen) atoms. The summed E-state index contributed by atoms with van der Waals surface area (Å²) in [6.45, 7) is 1.35. The van der Waals surface area contributed by atoms with Gasteiger partial charge in [0.2, 0.25) is 0 Å². The summed E-state index contributed by atoms with van der Waals surface area (Å²) in [5, 5.41) is 0.715. The van der Waals surface area contributed by atoms with Gasteiger partial charge in [-0.1, -0.05) is 15.9 Å². The molecule has 0 aromatic heterocycles. The molecule has 1 heterocycles. The molecule has 1 saturated carbocycles. The maximum atomic E-state index is 11.8. The van der Waals surface area contributed by atoms with Gasteiger partial charge in [0.15, 0.2) is 0 Å². The molecule has 6 heteroatoms. The average Bonchev–Trinajstić information content (AvgIpc) is 2.70. The molecule has 82 valence electrons. The average molecular weight is 283 g/mol. The van der Waals surface area contributed by atoms with Crippen molar-refractivity contribution < 1.29 is 8.42 Å². The van der Waals surface area contributed by atoms with Crippen molar-refractivity contribution in [2.24, 2.45) is 0 Å². The van der Waals surface area contributed by atoms with Gasteiger partial charge in [0, 0.05) is 24.0 Å². The van der Waals surface area contributed by atoms with E-state index in [1.165, 1.54) is 0 Å². The molecular weight excluding hydrogens is 268 g/mol. The highest BCUT2D eigenvalue weighted by Crippen LogP contribution is 2.38. The second-order valence-corrected chi connectivity index (χ2v) is 6.36. The van der Waals surface area contributed by atoms with Crippen molar-refractivity contribution >= 4 is 26.1 Å². The zero-order chi connectivity index (χ0) is 10.2. The third kappa shape index (κ3) is 2.13. The van der Waals surface area contributed by atoms with E-state index in [9.17, 15) is 8.42 Å². The van der Waals surface area contributed by atoms with Crippen LogP contribution < -0.4 is 4.72 Å². The van der Waals surface area contributed by atoms with Crippen molar-refractivity contribution in [3.8, 4) is 0 Å². The van der Waals surface area contributed by atoms with Crippen molar-refractivity contribution in [2.45, 2.75) is 31.2 Å². The van der Waals surface area contributed by atoms with Crippen LogP contribution in [0.2, 0.25) is 0 Å². The second-order valence-electron chi connectivity index (χ2n) is 4.13. The fourth-order valence-corrected chi connectivity index (χ4v) is 4.26. The SMILES string of the molecule is O=S(=O)(NC1(CBr)CC1)N1CCCC1. The molecule has 0 spiro atoms. The van der Waals surface area contributed by atoms with Crippen LogP contribution in [0.15, 0.2) is 0 Å². The maximum Gasteiger partial charge on any atom is 0.279 e. The molecule has 0 aromatic carbocycles. The largest absolute Gasteiger partial charge is 0.279 e. The summed E-state index contributed by atoms with van der Waals surface area (Å²) in [7, 11) is -3.21. The van der Waals surface area contributed by atoms with E-state index in [0.29, 0.717) is 18.4 Å². The van der Waals surface area contributed by atoms with Crippen LogP contribution in [0.25, 0.3) is 0 Å². The summed E-state index contributed by atoms with van der Waals surface area (Å²) in [5.41, 5.74) is -0.179. The topological polar surface area (TPSA) is 49.4 Å². The molecule has 2 fully saturated rings. The van der Waals surface area contributed by atoms with Crippen LogP contribution in [0.5, 0.6) is 0 Å². The van der Waals surface area contributed by atoms with Crippen molar-refractivity contribution in [1.29, 1.82) is 0 Å². The van der Waals surface area contributed by atoms with Gasteiger partial charge >= 0.3 is 0 Å². The number of nitrogens with one attached hydrogen (secondary N) is 1. The molecule has 4 nitrogen and oxygen atoms in total. The van der Waals surface area contributed by atoms with E-state index >= 15 is 0 Å². The van der Waals surface area contributed by atoms with E-state index in [1.54, 1.807) is 4.31 Å². The van der Waals surface area contributed by atoms with Crippen LogP contribution >= 0.6 is 15.9 Å². The molecular formula is C8H15BrN2O2S. The summed E-state index contributed by atoms with van der Waals surface area (Å²) in [6.07, 6.45) is 3.88. The normalized spacial score (nSPS) is 26.6. The monoisotopic (exact) mass is 282 g/mol. The zero-order valence-corrected chi connectivity index (χ0v) is 10.4. The lowest BCUT2D eigenvalue weighted by atomic mass is 10.4. The third-order valence-corrected chi connectivity index (χ3v) is 5.67. The minimum Gasteiger partial charge on any atom is -0.195 e. The minimum atomic E-state index is -3.21. The number of hydrogen-bond donors (Lipinski definition) is 1. The molecule has 0 atom stereocenters. The first-order chi connectivity index (χ1) is 6.58. The first-order valence-corrected chi connectivity index (χ1v) is 7.49. The first kappa shape index (κ1) is 10.9. The zero-order valence-electron chi connectivity index (χ0n) is 8.00. The van der Waals surface area contributed by atoms with Crippen LogP contribution in [0.3, 0.4) is 0 Å². The standard InChI is InChI=1S/C8H15BrN2O2S/c9-7-8(3-4-8)10-14(12,13)11-5-1-2-6-11/h10H,1-7H2. The van der Waals surface area contributed by atoms with Crippen LogP contribution in [-0.4, -0.2) is 36.7 Å². The molecule has 1 aliphatic heterocycles. The predicted molar refractivity (Wildman–Crippen MR) is 58.6 cm³/mol. The Bertz CT molecular complexity index is 307. The molecule has 2 rings (SSSR count). The van der Waals surface area contributed by atoms with E-state index in [4.69, 9.17) is 0 Å². The Morgan fingerprint density at radius 3 is 2.29 bits per heavy atom. The van der Waals surface area contributed by atoms with Crippen molar-refractivity contribution in [1.82, 2.24) is 9.03 Å². The number of rotatable bonds is 4.